The number of thiophene rings is 1. The minimum atomic E-state index is -4.84. The van der Waals surface area contributed by atoms with Crippen molar-refractivity contribution in [2.75, 3.05) is 23.3 Å². The summed E-state index contributed by atoms with van der Waals surface area (Å²) in [6, 6.07) is 14.8. The SMILES string of the molecule is CCN(CC)c1cccc(Oc2cc(NC(=O)c3nn4c(C(F)(F)F)cc(-c5cccs5)nc4c3Cl)cc([N+](=O)[O-])c2)c1. The van der Waals surface area contributed by atoms with Gasteiger partial charge in [0.15, 0.2) is 17.0 Å². The second-order valence-corrected chi connectivity index (χ2v) is 10.4. The molecule has 0 saturated heterocycles. The first kappa shape index (κ1) is 29.8. The average Bonchev–Trinajstić information content (AvgIpc) is 3.61. The summed E-state index contributed by atoms with van der Waals surface area (Å²) in [5, 5.41) is 19.2. The van der Waals surface area contributed by atoms with Crippen molar-refractivity contribution in [3.05, 3.63) is 92.6 Å². The van der Waals surface area contributed by atoms with Gasteiger partial charge in [0.2, 0.25) is 0 Å². The van der Waals surface area contributed by atoms with E-state index in [2.05, 4.69) is 20.3 Å². The fraction of sp³-hybridized carbons (Fsp3) is 0.179. The number of carbonyl (C=O) groups excluding carboxylic acids is 1. The smallest absolute Gasteiger partial charge is 0.433 e. The van der Waals surface area contributed by atoms with Crippen LogP contribution in [0.25, 0.3) is 16.2 Å². The summed E-state index contributed by atoms with van der Waals surface area (Å²) in [4.78, 5) is 31.0. The van der Waals surface area contributed by atoms with Gasteiger partial charge in [-0.25, -0.2) is 9.50 Å². The van der Waals surface area contributed by atoms with Crippen LogP contribution >= 0.6 is 22.9 Å². The second-order valence-electron chi connectivity index (χ2n) is 9.10. The predicted octanol–water partition coefficient (Wildman–Crippen LogP) is 7.93. The maximum atomic E-state index is 14.0. The molecule has 0 bridgehead atoms. The zero-order valence-corrected chi connectivity index (χ0v) is 24.1. The summed E-state index contributed by atoms with van der Waals surface area (Å²) >= 11 is 7.53. The number of carbonyl (C=O) groups is 1. The van der Waals surface area contributed by atoms with E-state index in [4.69, 9.17) is 16.3 Å². The number of anilines is 2. The highest BCUT2D eigenvalue weighted by molar-refractivity contribution is 7.13. The van der Waals surface area contributed by atoms with Gasteiger partial charge in [0.25, 0.3) is 11.6 Å². The van der Waals surface area contributed by atoms with Crippen LogP contribution < -0.4 is 15.0 Å². The van der Waals surface area contributed by atoms with Gasteiger partial charge in [-0.3, -0.25) is 14.9 Å². The van der Waals surface area contributed by atoms with E-state index < -0.39 is 39.1 Å². The molecule has 10 nitrogen and oxygen atoms in total. The molecule has 0 atom stereocenters. The fourth-order valence-electron chi connectivity index (χ4n) is 4.37. The molecule has 5 rings (SSSR count). The maximum absolute atomic E-state index is 14.0. The van der Waals surface area contributed by atoms with E-state index in [0.29, 0.717) is 15.1 Å². The van der Waals surface area contributed by atoms with Crippen molar-refractivity contribution >= 4 is 51.6 Å². The first-order valence-corrected chi connectivity index (χ1v) is 14.1. The molecule has 0 spiro atoms. The largest absolute Gasteiger partial charge is 0.457 e. The molecule has 0 saturated carbocycles. The number of ether oxygens (including phenoxy) is 1. The molecule has 0 fully saturated rings. The fourth-order valence-corrected chi connectivity index (χ4v) is 5.30. The number of benzene rings is 2. The van der Waals surface area contributed by atoms with Crippen molar-refractivity contribution in [1.29, 1.82) is 0 Å². The van der Waals surface area contributed by atoms with Gasteiger partial charge in [0.05, 0.1) is 27.2 Å². The Morgan fingerprint density at radius 1 is 1.12 bits per heavy atom. The van der Waals surface area contributed by atoms with Gasteiger partial charge in [0, 0.05) is 37.0 Å². The summed E-state index contributed by atoms with van der Waals surface area (Å²) in [6.45, 7) is 5.52. The van der Waals surface area contributed by atoms with Crippen molar-refractivity contribution in [3.8, 4) is 22.1 Å². The molecule has 0 aliphatic carbocycles. The first-order chi connectivity index (χ1) is 20.5. The number of aromatic nitrogens is 3. The number of nitrogens with zero attached hydrogens (tertiary/aromatic N) is 5. The van der Waals surface area contributed by atoms with E-state index in [0.717, 1.165) is 30.9 Å². The lowest BCUT2D eigenvalue weighted by Gasteiger charge is -2.21. The van der Waals surface area contributed by atoms with Crippen LogP contribution in [0.1, 0.15) is 30.0 Å². The molecule has 1 N–H and O–H groups in total. The molecule has 3 aromatic heterocycles. The Labute approximate surface area is 251 Å². The number of fused-ring (bicyclic) bond motifs is 1. The molecule has 222 valence electrons. The molecule has 0 radical (unpaired) electrons. The monoisotopic (exact) mass is 630 g/mol. The van der Waals surface area contributed by atoms with Crippen molar-refractivity contribution < 1.29 is 27.6 Å². The summed E-state index contributed by atoms with van der Waals surface area (Å²) in [5.74, 6) is -0.557. The number of halogens is 4. The van der Waals surface area contributed by atoms with Crippen LogP contribution in [-0.4, -0.2) is 38.5 Å². The zero-order chi connectivity index (χ0) is 30.9. The lowest BCUT2D eigenvalue weighted by atomic mass is 10.2. The normalized spacial score (nSPS) is 11.5. The number of hydrogen-bond donors (Lipinski definition) is 1. The topological polar surface area (TPSA) is 115 Å². The zero-order valence-electron chi connectivity index (χ0n) is 22.6. The molecule has 2 aromatic carbocycles. The third-order valence-corrected chi connectivity index (χ3v) is 7.59. The summed E-state index contributed by atoms with van der Waals surface area (Å²) in [5.41, 5.74) is -1.67. The number of alkyl halides is 3. The van der Waals surface area contributed by atoms with E-state index in [9.17, 15) is 28.1 Å². The molecule has 1 amide bonds. The number of nitro groups is 1. The molecule has 5 aromatic rings. The molecule has 0 unspecified atom stereocenters. The van der Waals surface area contributed by atoms with Crippen LogP contribution in [0, 0.1) is 10.1 Å². The average molecular weight is 631 g/mol. The minimum Gasteiger partial charge on any atom is -0.457 e. The molecule has 3 heterocycles. The van der Waals surface area contributed by atoms with E-state index in [-0.39, 0.29) is 22.8 Å². The van der Waals surface area contributed by atoms with E-state index in [1.54, 1.807) is 35.7 Å². The van der Waals surface area contributed by atoms with Crippen molar-refractivity contribution in [1.82, 2.24) is 14.6 Å². The molecule has 43 heavy (non-hydrogen) atoms. The number of nitro benzene ring substituents is 1. The van der Waals surface area contributed by atoms with Crippen molar-refractivity contribution in [2.45, 2.75) is 20.0 Å². The number of nitrogens with one attached hydrogen (secondary N) is 1. The van der Waals surface area contributed by atoms with E-state index in [1.165, 1.54) is 23.5 Å². The van der Waals surface area contributed by atoms with Gasteiger partial charge < -0.3 is 15.0 Å². The highest BCUT2D eigenvalue weighted by atomic mass is 35.5. The Bertz CT molecular complexity index is 1820. The van der Waals surface area contributed by atoms with Crippen molar-refractivity contribution in [3.63, 3.8) is 0 Å². The predicted molar refractivity (Wildman–Crippen MR) is 157 cm³/mol. The molecule has 0 aliphatic heterocycles. The van der Waals surface area contributed by atoms with Crippen LogP contribution in [-0.2, 0) is 6.18 Å². The third kappa shape index (κ3) is 6.24. The van der Waals surface area contributed by atoms with Gasteiger partial charge in [-0.1, -0.05) is 23.7 Å². The maximum Gasteiger partial charge on any atom is 0.433 e. The van der Waals surface area contributed by atoms with Gasteiger partial charge >= 0.3 is 6.18 Å². The van der Waals surface area contributed by atoms with Crippen LogP contribution in [0.2, 0.25) is 5.02 Å². The lowest BCUT2D eigenvalue weighted by Crippen LogP contribution is -2.21. The highest BCUT2D eigenvalue weighted by Crippen LogP contribution is 2.36. The van der Waals surface area contributed by atoms with Gasteiger partial charge in [-0.05, 0) is 43.5 Å². The number of hydrogen-bond acceptors (Lipinski definition) is 8. The molecule has 15 heteroatoms. The Kier molecular flexibility index (Phi) is 8.24. The summed E-state index contributed by atoms with van der Waals surface area (Å²) in [6.07, 6.45) is -4.84. The minimum absolute atomic E-state index is 0.00845. The molecule has 0 aliphatic rings. The second kappa shape index (κ2) is 11.9. The van der Waals surface area contributed by atoms with Gasteiger partial charge in [0.1, 0.15) is 16.5 Å². The standard InChI is InChI=1S/C28H22ClF3N6O4S/c1-3-36(4-2)17-7-5-8-19(13-17)42-20-12-16(11-18(14-20)38(40)41)33-27(39)25-24(29)26-34-21(22-9-6-10-43-22)15-23(28(30,31)32)37(26)35-25/h5-15H,3-4H2,1-2H3,(H,33,39). The lowest BCUT2D eigenvalue weighted by molar-refractivity contribution is -0.384. The van der Waals surface area contributed by atoms with E-state index in [1.807, 2.05) is 19.9 Å². The summed E-state index contributed by atoms with van der Waals surface area (Å²) < 4.78 is 48.3. The Morgan fingerprint density at radius 3 is 2.53 bits per heavy atom. The van der Waals surface area contributed by atoms with Crippen LogP contribution in [0.15, 0.2) is 66.0 Å². The van der Waals surface area contributed by atoms with E-state index >= 15 is 0 Å². The highest BCUT2D eigenvalue weighted by Gasteiger charge is 2.37. The summed E-state index contributed by atoms with van der Waals surface area (Å²) in [7, 11) is 0. The Morgan fingerprint density at radius 2 is 1.88 bits per heavy atom. The quantitative estimate of drug-likeness (QED) is 0.130. The van der Waals surface area contributed by atoms with Gasteiger partial charge in [-0.15, -0.1) is 11.3 Å². The van der Waals surface area contributed by atoms with Crippen LogP contribution in [0.3, 0.4) is 0 Å². The van der Waals surface area contributed by atoms with Gasteiger partial charge in [-0.2, -0.15) is 18.3 Å². The third-order valence-electron chi connectivity index (χ3n) is 6.35. The van der Waals surface area contributed by atoms with Crippen molar-refractivity contribution in [2.24, 2.45) is 0 Å². The Hall–Kier alpha value is -4.69. The Balaban J connectivity index is 1.49. The molecular weight excluding hydrogens is 609 g/mol. The first-order valence-electron chi connectivity index (χ1n) is 12.8. The number of non-ortho nitro benzene ring substituents is 1. The molecular formula is C28H22ClF3N6O4S. The van der Waals surface area contributed by atoms with Crippen LogP contribution in [0.5, 0.6) is 11.5 Å². The number of rotatable bonds is 9. The number of amides is 1. The van der Waals surface area contributed by atoms with Crippen LogP contribution in [0.4, 0.5) is 30.2 Å².